The molecule has 0 spiro atoms. The number of hydrogen-bond donors (Lipinski definition) is 1. The molecule has 0 radical (unpaired) electrons. The van der Waals surface area contributed by atoms with Gasteiger partial charge in [-0.25, -0.2) is 18.0 Å². The van der Waals surface area contributed by atoms with Crippen LogP contribution in [0.25, 0.3) is 0 Å². The molecule has 1 atom stereocenters. The zero-order chi connectivity index (χ0) is 15.7. The van der Waals surface area contributed by atoms with Crippen LogP contribution in [0.4, 0.5) is 13.2 Å². The van der Waals surface area contributed by atoms with E-state index in [2.05, 4.69) is 0 Å². The molecule has 1 unspecified atom stereocenters. The lowest BCUT2D eigenvalue weighted by atomic mass is 10.1. The predicted octanol–water partition coefficient (Wildman–Crippen LogP) is 1.24. The SMILES string of the molecule is Cn1c(O)cc(=O)n(CC(F)c2cc(F)cc(F)c2)c1=O. The van der Waals surface area contributed by atoms with E-state index >= 15 is 0 Å². The highest BCUT2D eigenvalue weighted by atomic mass is 19.1. The average Bonchev–Trinajstić information content (AvgIpc) is 2.40. The first-order chi connectivity index (χ1) is 9.79. The molecule has 0 aliphatic heterocycles. The molecule has 0 saturated carbocycles. The van der Waals surface area contributed by atoms with Crippen molar-refractivity contribution in [2.45, 2.75) is 12.7 Å². The largest absolute Gasteiger partial charge is 0.494 e. The summed E-state index contributed by atoms with van der Waals surface area (Å²) in [5.74, 6) is -2.48. The molecule has 1 N–H and O–H groups in total. The number of hydrogen-bond acceptors (Lipinski definition) is 3. The minimum absolute atomic E-state index is 0.325. The Labute approximate surface area is 116 Å². The summed E-state index contributed by atoms with van der Waals surface area (Å²) in [5, 5.41) is 9.29. The van der Waals surface area contributed by atoms with Gasteiger partial charge >= 0.3 is 5.69 Å². The van der Waals surface area contributed by atoms with Gasteiger partial charge in [0, 0.05) is 13.1 Å². The summed E-state index contributed by atoms with van der Waals surface area (Å²) in [6, 6.07) is 2.90. The summed E-state index contributed by atoms with van der Waals surface area (Å²) in [6.07, 6.45) is -1.95. The van der Waals surface area contributed by atoms with Gasteiger partial charge in [0.05, 0.1) is 12.6 Å². The van der Waals surface area contributed by atoms with Crippen LogP contribution < -0.4 is 11.2 Å². The van der Waals surface area contributed by atoms with Gasteiger partial charge in [-0.3, -0.25) is 13.9 Å². The van der Waals surface area contributed by atoms with Crippen molar-refractivity contribution in [2.24, 2.45) is 7.05 Å². The molecule has 1 aromatic heterocycles. The van der Waals surface area contributed by atoms with Crippen LogP contribution in [-0.4, -0.2) is 14.2 Å². The zero-order valence-electron chi connectivity index (χ0n) is 10.9. The van der Waals surface area contributed by atoms with Crippen molar-refractivity contribution in [3.63, 3.8) is 0 Å². The Hall–Kier alpha value is -2.51. The summed E-state index contributed by atoms with van der Waals surface area (Å²) in [4.78, 5) is 23.4. The third-order valence-electron chi connectivity index (χ3n) is 2.97. The van der Waals surface area contributed by atoms with Crippen LogP contribution >= 0.6 is 0 Å². The molecule has 21 heavy (non-hydrogen) atoms. The van der Waals surface area contributed by atoms with Gasteiger partial charge < -0.3 is 5.11 Å². The molecule has 0 aliphatic carbocycles. The molecule has 0 saturated heterocycles. The number of halogens is 3. The fraction of sp³-hybridized carbons (Fsp3) is 0.231. The predicted molar refractivity (Wildman–Crippen MR) is 67.8 cm³/mol. The maximum atomic E-state index is 14.1. The van der Waals surface area contributed by atoms with Crippen molar-refractivity contribution in [2.75, 3.05) is 0 Å². The molecule has 2 rings (SSSR count). The van der Waals surface area contributed by atoms with Crippen molar-refractivity contribution >= 4 is 0 Å². The smallest absolute Gasteiger partial charge is 0.333 e. The molecule has 0 amide bonds. The molecule has 0 fully saturated rings. The lowest BCUT2D eigenvalue weighted by Gasteiger charge is -2.12. The fourth-order valence-corrected chi connectivity index (χ4v) is 1.85. The second kappa shape index (κ2) is 5.47. The van der Waals surface area contributed by atoms with E-state index < -0.39 is 41.5 Å². The van der Waals surface area contributed by atoms with Gasteiger partial charge in [0.25, 0.3) is 5.56 Å². The number of benzene rings is 1. The van der Waals surface area contributed by atoms with Crippen LogP contribution in [0.15, 0.2) is 33.9 Å². The Kier molecular flexibility index (Phi) is 3.88. The number of aromatic hydroxyl groups is 1. The lowest BCUT2D eigenvalue weighted by molar-refractivity contribution is 0.288. The van der Waals surface area contributed by atoms with Gasteiger partial charge in [-0.15, -0.1) is 0 Å². The van der Waals surface area contributed by atoms with Crippen molar-refractivity contribution in [1.82, 2.24) is 9.13 Å². The zero-order valence-corrected chi connectivity index (χ0v) is 10.9. The van der Waals surface area contributed by atoms with Crippen LogP contribution in [-0.2, 0) is 13.6 Å². The van der Waals surface area contributed by atoms with E-state index in [-0.39, 0.29) is 5.56 Å². The highest BCUT2D eigenvalue weighted by Gasteiger charge is 2.17. The standard InChI is InChI=1S/C13H11F3N2O3/c1-17-11(19)5-12(20)18(13(17)21)6-10(16)7-2-8(14)4-9(15)3-7/h2-5,10,19H,6H2,1H3. The Bertz CT molecular complexity index is 778. The Morgan fingerprint density at radius 2 is 1.71 bits per heavy atom. The van der Waals surface area contributed by atoms with Crippen LogP contribution in [0.5, 0.6) is 5.88 Å². The Morgan fingerprint density at radius 3 is 2.29 bits per heavy atom. The van der Waals surface area contributed by atoms with Crippen LogP contribution in [0.2, 0.25) is 0 Å². The molecule has 1 aromatic carbocycles. The Balaban J connectivity index is 2.41. The highest BCUT2D eigenvalue weighted by Crippen LogP contribution is 2.20. The molecular formula is C13H11F3N2O3. The highest BCUT2D eigenvalue weighted by molar-refractivity contribution is 5.20. The Morgan fingerprint density at radius 1 is 1.14 bits per heavy atom. The van der Waals surface area contributed by atoms with Crippen LogP contribution in [0.3, 0.4) is 0 Å². The minimum atomic E-state index is -1.95. The first-order valence-corrected chi connectivity index (χ1v) is 5.89. The second-order valence-corrected chi connectivity index (χ2v) is 4.46. The molecule has 0 bridgehead atoms. The van der Waals surface area contributed by atoms with E-state index in [0.717, 1.165) is 22.8 Å². The first kappa shape index (κ1) is 14.9. The van der Waals surface area contributed by atoms with E-state index in [1.54, 1.807) is 0 Å². The summed E-state index contributed by atoms with van der Waals surface area (Å²) in [5.41, 5.74) is -2.16. The van der Waals surface area contributed by atoms with Crippen molar-refractivity contribution in [3.8, 4) is 5.88 Å². The minimum Gasteiger partial charge on any atom is -0.494 e. The van der Waals surface area contributed by atoms with E-state index in [0.29, 0.717) is 10.6 Å². The van der Waals surface area contributed by atoms with Gasteiger partial charge in [-0.2, -0.15) is 0 Å². The second-order valence-electron chi connectivity index (χ2n) is 4.46. The first-order valence-electron chi connectivity index (χ1n) is 5.89. The molecule has 8 heteroatoms. The van der Waals surface area contributed by atoms with E-state index in [4.69, 9.17) is 0 Å². The van der Waals surface area contributed by atoms with Gasteiger partial charge in [0.2, 0.25) is 0 Å². The number of aromatic nitrogens is 2. The number of nitrogens with zero attached hydrogens (tertiary/aromatic N) is 2. The fourth-order valence-electron chi connectivity index (χ4n) is 1.85. The van der Waals surface area contributed by atoms with E-state index in [9.17, 15) is 27.9 Å². The monoisotopic (exact) mass is 300 g/mol. The molecule has 1 heterocycles. The van der Waals surface area contributed by atoms with Gasteiger partial charge in [-0.05, 0) is 17.7 Å². The maximum absolute atomic E-state index is 14.1. The molecule has 5 nitrogen and oxygen atoms in total. The van der Waals surface area contributed by atoms with Crippen molar-refractivity contribution < 1.29 is 18.3 Å². The van der Waals surface area contributed by atoms with Crippen LogP contribution in [0, 0.1) is 11.6 Å². The lowest BCUT2D eigenvalue weighted by Crippen LogP contribution is -2.39. The van der Waals surface area contributed by atoms with E-state index in [1.165, 1.54) is 7.05 Å². The molecule has 2 aromatic rings. The molecule has 112 valence electrons. The third kappa shape index (κ3) is 2.99. The summed E-state index contributed by atoms with van der Waals surface area (Å²) < 4.78 is 41.4. The quantitative estimate of drug-likeness (QED) is 0.927. The topological polar surface area (TPSA) is 64.2 Å². The summed E-state index contributed by atoms with van der Waals surface area (Å²) >= 11 is 0. The van der Waals surface area contributed by atoms with Crippen molar-refractivity contribution in [1.29, 1.82) is 0 Å². The summed E-state index contributed by atoms with van der Waals surface area (Å²) in [6.45, 7) is -0.714. The summed E-state index contributed by atoms with van der Waals surface area (Å²) in [7, 11) is 1.20. The third-order valence-corrected chi connectivity index (χ3v) is 2.97. The van der Waals surface area contributed by atoms with E-state index in [1.807, 2.05) is 0 Å². The molecule has 0 aliphatic rings. The maximum Gasteiger partial charge on any atom is 0.333 e. The number of rotatable bonds is 3. The van der Waals surface area contributed by atoms with Gasteiger partial charge in [-0.1, -0.05) is 0 Å². The number of alkyl halides is 1. The van der Waals surface area contributed by atoms with Gasteiger partial charge in [0.1, 0.15) is 17.8 Å². The van der Waals surface area contributed by atoms with Crippen LogP contribution in [0.1, 0.15) is 11.7 Å². The average molecular weight is 300 g/mol. The van der Waals surface area contributed by atoms with Gasteiger partial charge in [0.15, 0.2) is 5.88 Å². The van der Waals surface area contributed by atoms with Crippen molar-refractivity contribution in [3.05, 3.63) is 62.3 Å². The normalized spacial score (nSPS) is 12.4. The molecular weight excluding hydrogens is 289 g/mol.